The molecule has 88 heavy (non-hydrogen) atoms. The van der Waals surface area contributed by atoms with Gasteiger partial charge in [0, 0.05) is 58.4 Å². The standard InChI is InChI=1S/C14H14N2O.C14H21N2O.C13H20O3.C7H8N2O.C4H8N2.C3H7ClN.C2H7N.CH4O.4CH4.ClH.F6P/c1-2-4-11(5-3-1)10-17-13-8-15-14(16-9-13)12-6-7-12;1-15(2)10-14(11-16(3)4)17-12-13-8-6-5-7-9-13;1-3-15-13(16-4-2)11-14-10-12-8-6-5-7-9-12;10-6-3-8-7(9-4-6)5-1-2-5;5-4(6)3-1-2-3;1-5(2)3-4;1-3-2;1-2;;;;;;1-7(2,3,4,5)6/h1-5,8-9,12H,6-7,10H2;5-11H,12H2,1-4H3;5-9,13H,3-4,10-11H2,1-2H3;3-5,10H,1-2H2;3H,1-2H2,(H3,5,6);3H,1-2H3;3H,1-2H3;2H,1H3;4*1H4;1H;/q;+1;;;;+1;;;;;;;;-1. The smallest absolute Gasteiger partial charge is 0.156 e. The Balaban J connectivity index is -0.000000226. The van der Waals surface area contributed by atoms with Crippen LogP contribution in [-0.4, -0.2) is 152 Å². The second-order valence-electron chi connectivity index (χ2n) is 18.9. The molecule has 5 aromatic rings. The van der Waals surface area contributed by atoms with Crippen LogP contribution in [0.1, 0.15) is 122 Å². The number of nitrogens with two attached hydrogens (primary N) is 1. The van der Waals surface area contributed by atoms with Crippen LogP contribution in [0.3, 0.4) is 0 Å². The molecular weight excluding hydrogens is 1210 g/mol. The first kappa shape index (κ1) is 93.1. The van der Waals surface area contributed by atoms with Crippen molar-refractivity contribution in [2.24, 2.45) is 11.7 Å². The van der Waals surface area contributed by atoms with Gasteiger partial charge in [-0.15, -0.1) is 12.4 Å². The fourth-order valence-electron chi connectivity index (χ4n) is 5.69. The number of benzene rings is 3. The van der Waals surface area contributed by atoms with Gasteiger partial charge in [-0.1, -0.05) is 121 Å². The van der Waals surface area contributed by atoms with Crippen LogP contribution in [0.2, 0.25) is 0 Å². The van der Waals surface area contributed by atoms with Gasteiger partial charge >= 0.3 is 33.0 Å². The van der Waals surface area contributed by atoms with E-state index >= 15 is 0 Å². The van der Waals surface area contributed by atoms with Crippen molar-refractivity contribution in [1.29, 1.82) is 5.41 Å². The van der Waals surface area contributed by atoms with Gasteiger partial charge in [-0.3, -0.25) is 5.41 Å². The van der Waals surface area contributed by atoms with Crippen molar-refractivity contribution in [3.05, 3.63) is 156 Å². The molecule has 3 aliphatic rings. The summed E-state index contributed by atoms with van der Waals surface area (Å²) >= 11 is 5.14. The number of nitrogens with zero attached hydrogens (tertiary/aromatic N) is 7. The maximum absolute atomic E-state index is 10.7. The second-order valence-corrected chi connectivity index (χ2v) is 21.0. The first-order valence-corrected chi connectivity index (χ1v) is 29.1. The van der Waals surface area contributed by atoms with Gasteiger partial charge in [-0.25, -0.2) is 29.1 Å². The maximum Gasteiger partial charge on any atom is 0.156 e. The minimum atomic E-state index is -10.7. The van der Waals surface area contributed by atoms with E-state index in [1.54, 1.807) is 17.0 Å². The van der Waals surface area contributed by atoms with Crippen LogP contribution in [0.4, 0.5) is 25.2 Å². The van der Waals surface area contributed by atoms with Crippen LogP contribution in [0.15, 0.2) is 128 Å². The molecule has 0 saturated heterocycles. The summed E-state index contributed by atoms with van der Waals surface area (Å²) in [5, 5.41) is 25.4. The van der Waals surface area contributed by atoms with Gasteiger partial charge < -0.3 is 49.8 Å². The van der Waals surface area contributed by atoms with E-state index in [0.717, 1.165) is 54.2 Å². The molecule has 0 amide bonds. The topological polar surface area (TPSA) is 209 Å². The minimum absolute atomic E-state index is 0. The molecule has 0 atom stereocenters. The summed E-state index contributed by atoms with van der Waals surface area (Å²) in [5.41, 5.74) is 10.0. The summed E-state index contributed by atoms with van der Waals surface area (Å²) in [6, 6.07) is 30.3. The maximum atomic E-state index is 9.87. The van der Waals surface area contributed by atoms with Gasteiger partial charge in [0.2, 0.25) is 11.9 Å². The van der Waals surface area contributed by atoms with E-state index in [2.05, 4.69) is 37.4 Å². The third kappa shape index (κ3) is 60.3. The molecule has 3 fully saturated rings. The molecule has 3 aliphatic carbocycles. The summed E-state index contributed by atoms with van der Waals surface area (Å²) in [5.74, 6) is 5.56. The normalized spacial score (nSPS) is 12.8. The first-order valence-electron chi connectivity index (χ1n) is 26.6. The van der Waals surface area contributed by atoms with Crippen molar-refractivity contribution < 1.29 is 68.2 Å². The number of hydrogen-bond donors (Lipinski definition) is 5. The Hall–Kier alpha value is -6.04. The number of hydrogen-bond acceptors (Lipinski definition) is 14. The van der Waals surface area contributed by atoms with E-state index in [4.69, 9.17) is 56.6 Å². The molecule has 0 spiro atoms. The van der Waals surface area contributed by atoms with Crippen molar-refractivity contribution in [1.82, 2.24) is 30.2 Å². The number of amidine groups is 1. The molecule has 2 heterocycles. The Morgan fingerprint density at radius 2 is 1.03 bits per heavy atom. The van der Waals surface area contributed by atoms with Crippen molar-refractivity contribution in [3.63, 3.8) is 0 Å². The Kier molecular flexibility index (Phi) is 53.7. The van der Waals surface area contributed by atoms with Gasteiger partial charge in [0.05, 0.1) is 43.8 Å². The largest absolute Gasteiger partial charge is 0.505 e. The van der Waals surface area contributed by atoms with Crippen LogP contribution >= 0.6 is 31.8 Å². The second kappa shape index (κ2) is 50.8. The Morgan fingerprint density at radius 3 is 1.33 bits per heavy atom. The van der Waals surface area contributed by atoms with E-state index in [9.17, 15) is 25.2 Å². The predicted molar refractivity (Wildman–Crippen MR) is 354 cm³/mol. The van der Waals surface area contributed by atoms with Crippen molar-refractivity contribution in [2.45, 2.75) is 120 Å². The molecule has 8 rings (SSSR count). The molecule has 2 aromatic heterocycles. The zero-order valence-corrected chi connectivity index (χ0v) is 52.6. The zero-order valence-electron chi connectivity index (χ0n) is 50.1. The number of aliphatic hydroxyl groups excluding tert-OH is 1. The van der Waals surface area contributed by atoms with Gasteiger partial charge in [0.1, 0.15) is 53.1 Å². The predicted octanol–water partition coefficient (Wildman–Crippen LogP) is 15.2. The fraction of sp³-hybridized carbons (Fsp3) is 0.500. The number of nitrogens with one attached hydrogen (secondary N) is 2. The molecule has 3 saturated carbocycles. The average Bonchev–Trinajstić information content (AvgIpc) is 4.44. The SMILES string of the molecule is C.C.C.C.CCOC(COCc1ccccc1)OCC.CN(C)/C=C(/C=[N+](C)C)OCc1ccccc1.CNC.CO.C[N+](C)=CCl.Cl.F[P-](F)(F)(F)(F)F.N=C(N)C1CC1.Oc1cnc(C2CC2)nc1.c1ccc(COc2cnc(C3CC3)nc2)cc1. The summed E-state index contributed by atoms with van der Waals surface area (Å²) in [6.07, 6.45) is 17.2. The van der Waals surface area contributed by atoms with Crippen LogP contribution in [0.25, 0.3) is 0 Å². The molecule has 26 heteroatoms. The molecule has 17 nitrogen and oxygen atoms in total. The number of rotatable bonds is 19. The molecule has 0 bridgehead atoms. The quantitative estimate of drug-likeness (QED) is 0.00991. The molecule has 506 valence electrons. The third-order valence-electron chi connectivity index (χ3n) is 9.74. The summed E-state index contributed by atoms with van der Waals surface area (Å²) in [7, 11) is 5.75. The number of aromatic hydroxyl groups is 1. The number of halogens is 8. The Morgan fingerprint density at radius 1 is 0.682 bits per heavy atom. The van der Waals surface area contributed by atoms with Gasteiger partial charge in [0.15, 0.2) is 23.5 Å². The monoisotopic (exact) mass is 1320 g/mol. The fourth-order valence-corrected chi connectivity index (χ4v) is 5.69. The molecule has 0 unspecified atom stereocenters. The molecule has 3 aromatic carbocycles. The van der Waals surface area contributed by atoms with E-state index in [1.165, 1.54) is 49.3 Å². The summed E-state index contributed by atoms with van der Waals surface area (Å²) in [4.78, 5) is 18.6. The van der Waals surface area contributed by atoms with Gasteiger partial charge in [-0.05, 0) is 94.8 Å². The third-order valence-corrected chi connectivity index (χ3v) is 10.1. The van der Waals surface area contributed by atoms with Gasteiger partial charge in [0.25, 0.3) is 0 Å². The van der Waals surface area contributed by atoms with E-state index in [1.807, 2.05) is 171 Å². The summed E-state index contributed by atoms with van der Waals surface area (Å²) < 4.78 is 90.6. The average molecular weight is 1320 g/mol. The Labute approximate surface area is 533 Å². The van der Waals surface area contributed by atoms with Crippen LogP contribution < -0.4 is 15.8 Å². The first-order chi connectivity index (χ1) is 39.2. The molecule has 0 aliphatic heterocycles. The zero-order chi connectivity index (χ0) is 62.8. The van der Waals surface area contributed by atoms with Crippen LogP contribution in [-0.2, 0) is 38.8 Å². The number of allylic oxidation sites excluding steroid dienone is 1. The van der Waals surface area contributed by atoms with Crippen LogP contribution in [0, 0.1) is 11.3 Å². The number of aromatic nitrogens is 4. The van der Waals surface area contributed by atoms with E-state index in [-0.39, 0.29) is 54.2 Å². The van der Waals surface area contributed by atoms with Crippen molar-refractivity contribution in [2.75, 3.05) is 83.3 Å². The van der Waals surface area contributed by atoms with Crippen LogP contribution in [0.5, 0.6) is 11.5 Å². The summed E-state index contributed by atoms with van der Waals surface area (Å²) in [6.45, 7) is 7.39. The molecule has 0 radical (unpaired) electrons. The number of aliphatic hydroxyl groups is 1. The van der Waals surface area contributed by atoms with Crippen molar-refractivity contribution >= 4 is 49.5 Å². The minimum Gasteiger partial charge on any atom is -0.505 e. The Bertz CT molecular complexity index is 2520. The molecular formula is C62H106Cl2F6N10O7P+. The van der Waals surface area contributed by atoms with Gasteiger partial charge in [-0.2, -0.15) is 0 Å². The molecule has 6 N–H and O–H groups in total. The van der Waals surface area contributed by atoms with Crippen molar-refractivity contribution in [3.8, 4) is 11.5 Å². The van der Waals surface area contributed by atoms with E-state index in [0.29, 0.717) is 63.2 Å². The number of ether oxygens (including phenoxy) is 5. The van der Waals surface area contributed by atoms with E-state index < -0.39 is 7.81 Å².